The lowest BCUT2D eigenvalue weighted by Crippen LogP contribution is -2.20. The van der Waals surface area contributed by atoms with E-state index in [4.69, 9.17) is 4.74 Å². The molecule has 0 spiro atoms. The summed E-state index contributed by atoms with van der Waals surface area (Å²) < 4.78 is 5.87. The molecule has 0 saturated carbocycles. The van der Waals surface area contributed by atoms with Gasteiger partial charge in [0.15, 0.2) is 17.3 Å². The number of ether oxygens (including phenoxy) is 1. The molecule has 3 aromatic rings. The maximum Gasteiger partial charge on any atom is 0.266 e. The topological polar surface area (TPSA) is 92.3 Å². The number of phenols is 1. The molecule has 2 heterocycles. The number of nitrogens with one attached hydrogen (secondary N) is 1. The molecule has 0 bridgehead atoms. The maximum absolute atomic E-state index is 12.2. The van der Waals surface area contributed by atoms with Crippen molar-refractivity contribution in [3.8, 4) is 11.5 Å². The number of Topliss-reactive ketones (excluding diaryl/α,β-unsaturated/α-hetero) is 1. The number of aromatic hydroxyl groups is 1. The Morgan fingerprint density at radius 1 is 1.28 bits per heavy atom. The summed E-state index contributed by atoms with van der Waals surface area (Å²) in [5, 5.41) is 9.81. The minimum absolute atomic E-state index is 0.0103. The van der Waals surface area contributed by atoms with Crippen LogP contribution in [0.2, 0.25) is 0 Å². The number of carbonyl (C=O) groups is 1. The standard InChI is InChI=1S/C18H14N2O4S/c1-24-15-3-2-11(8-14(15)22)9-16-18(23)20-17(25-16)10-13(21)12-4-6-19-7-5-12/h2-10,22H,1H3,(H,20,23). The molecule has 0 atom stereocenters. The highest BCUT2D eigenvalue weighted by atomic mass is 32.1. The van der Waals surface area contributed by atoms with Gasteiger partial charge >= 0.3 is 0 Å². The Kier molecular flexibility index (Phi) is 4.76. The molecule has 0 radical (unpaired) electrons. The number of thiazole rings is 1. The number of pyridine rings is 1. The zero-order valence-electron chi connectivity index (χ0n) is 13.2. The molecule has 2 N–H and O–H groups in total. The monoisotopic (exact) mass is 354 g/mol. The van der Waals surface area contributed by atoms with E-state index in [1.165, 1.54) is 31.6 Å². The minimum Gasteiger partial charge on any atom is -0.504 e. The van der Waals surface area contributed by atoms with Crippen molar-refractivity contribution in [2.24, 2.45) is 0 Å². The molecular formula is C18H14N2O4S. The minimum atomic E-state index is -0.297. The van der Waals surface area contributed by atoms with Crippen LogP contribution in [-0.4, -0.2) is 28.0 Å². The van der Waals surface area contributed by atoms with E-state index in [-0.39, 0.29) is 17.1 Å². The first-order valence-corrected chi connectivity index (χ1v) is 8.12. The van der Waals surface area contributed by atoms with Crippen LogP contribution in [0.1, 0.15) is 15.9 Å². The van der Waals surface area contributed by atoms with Crippen molar-refractivity contribution in [1.29, 1.82) is 0 Å². The fraction of sp³-hybridized carbons (Fsp3) is 0.0556. The van der Waals surface area contributed by atoms with E-state index in [0.717, 1.165) is 11.3 Å². The van der Waals surface area contributed by atoms with E-state index in [1.807, 2.05) is 0 Å². The fourth-order valence-corrected chi connectivity index (χ4v) is 3.08. The van der Waals surface area contributed by atoms with Gasteiger partial charge in [0.25, 0.3) is 5.56 Å². The lowest BCUT2D eigenvalue weighted by Gasteiger charge is -2.02. The van der Waals surface area contributed by atoms with Gasteiger partial charge in [-0.15, -0.1) is 11.3 Å². The maximum atomic E-state index is 12.2. The highest BCUT2D eigenvalue weighted by Gasteiger charge is 2.04. The van der Waals surface area contributed by atoms with Crippen LogP contribution in [0, 0.1) is 0 Å². The van der Waals surface area contributed by atoms with Crippen LogP contribution < -0.4 is 19.5 Å². The Bertz CT molecular complexity index is 1080. The Hall–Kier alpha value is -3.19. The zero-order chi connectivity index (χ0) is 17.8. The summed E-state index contributed by atoms with van der Waals surface area (Å²) in [5.41, 5.74) is 0.849. The average Bonchev–Trinajstić information content (AvgIpc) is 2.95. The molecule has 6 nitrogen and oxygen atoms in total. The molecule has 2 aromatic heterocycles. The van der Waals surface area contributed by atoms with E-state index in [1.54, 1.807) is 30.3 Å². The van der Waals surface area contributed by atoms with Crippen LogP contribution in [0.3, 0.4) is 0 Å². The van der Waals surface area contributed by atoms with Gasteiger partial charge in [0, 0.05) is 24.0 Å². The molecular weight excluding hydrogens is 340 g/mol. The van der Waals surface area contributed by atoms with Crippen LogP contribution in [0.25, 0.3) is 12.2 Å². The van der Waals surface area contributed by atoms with Crippen LogP contribution in [0.15, 0.2) is 47.5 Å². The van der Waals surface area contributed by atoms with Crippen LogP contribution >= 0.6 is 11.3 Å². The second-order valence-electron chi connectivity index (χ2n) is 5.10. The molecule has 25 heavy (non-hydrogen) atoms. The Morgan fingerprint density at radius 3 is 2.72 bits per heavy atom. The number of phenolic OH excluding ortho intramolecular Hbond substituents is 1. The molecule has 0 aliphatic carbocycles. The number of hydrogen-bond acceptors (Lipinski definition) is 6. The second-order valence-corrected chi connectivity index (χ2v) is 6.19. The first kappa shape index (κ1) is 16.7. The third kappa shape index (κ3) is 3.84. The Balaban J connectivity index is 1.98. The van der Waals surface area contributed by atoms with Crippen molar-refractivity contribution >= 4 is 29.3 Å². The summed E-state index contributed by atoms with van der Waals surface area (Å²) in [6.07, 6.45) is 6.09. The summed E-state index contributed by atoms with van der Waals surface area (Å²) in [6, 6.07) is 8.06. The smallest absolute Gasteiger partial charge is 0.266 e. The van der Waals surface area contributed by atoms with Crippen molar-refractivity contribution < 1.29 is 14.6 Å². The molecule has 0 unspecified atom stereocenters. The third-order valence-corrected chi connectivity index (χ3v) is 4.37. The number of carbonyl (C=O) groups excluding carboxylic acids is 1. The van der Waals surface area contributed by atoms with Crippen molar-refractivity contribution in [1.82, 2.24) is 9.97 Å². The second kappa shape index (κ2) is 7.14. The van der Waals surface area contributed by atoms with Gasteiger partial charge in [-0.3, -0.25) is 14.6 Å². The zero-order valence-corrected chi connectivity index (χ0v) is 14.0. The van der Waals surface area contributed by atoms with Gasteiger partial charge in [0.05, 0.1) is 16.3 Å². The molecule has 126 valence electrons. The number of benzene rings is 1. The Labute approximate surface area is 146 Å². The SMILES string of the molecule is COc1ccc(C=c2sc(=CC(=O)c3ccncc3)[nH]c2=O)cc1O. The quantitative estimate of drug-likeness (QED) is 0.683. The number of aromatic nitrogens is 2. The molecule has 0 aliphatic rings. The molecule has 7 heteroatoms. The summed E-state index contributed by atoms with van der Waals surface area (Å²) in [5.74, 6) is 0.131. The summed E-state index contributed by atoms with van der Waals surface area (Å²) in [4.78, 5) is 30.7. The fourth-order valence-electron chi connectivity index (χ4n) is 2.19. The number of nitrogens with zero attached hydrogens (tertiary/aromatic N) is 1. The number of ketones is 1. The number of hydrogen-bond donors (Lipinski definition) is 2. The van der Waals surface area contributed by atoms with Crippen LogP contribution in [0.5, 0.6) is 11.5 Å². The van der Waals surface area contributed by atoms with E-state index >= 15 is 0 Å². The highest BCUT2D eigenvalue weighted by Crippen LogP contribution is 2.26. The molecule has 0 amide bonds. The number of methoxy groups -OCH3 is 1. The van der Waals surface area contributed by atoms with E-state index in [9.17, 15) is 14.7 Å². The normalized spacial score (nSPS) is 12.4. The highest BCUT2D eigenvalue weighted by molar-refractivity contribution is 7.07. The number of H-pyrrole nitrogens is 1. The van der Waals surface area contributed by atoms with E-state index < -0.39 is 0 Å². The van der Waals surface area contributed by atoms with Crippen molar-refractivity contribution in [3.05, 3.63) is 73.4 Å². The molecule has 0 saturated heterocycles. The Morgan fingerprint density at radius 2 is 2.04 bits per heavy atom. The summed E-state index contributed by atoms with van der Waals surface area (Å²) in [7, 11) is 1.46. The van der Waals surface area contributed by atoms with E-state index in [0.29, 0.717) is 26.1 Å². The summed E-state index contributed by atoms with van der Waals surface area (Å²) >= 11 is 1.16. The first-order valence-electron chi connectivity index (χ1n) is 7.31. The van der Waals surface area contributed by atoms with Gasteiger partial charge < -0.3 is 14.8 Å². The summed E-state index contributed by atoms with van der Waals surface area (Å²) in [6.45, 7) is 0. The van der Waals surface area contributed by atoms with Crippen molar-refractivity contribution in [2.45, 2.75) is 0 Å². The number of rotatable bonds is 4. The van der Waals surface area contributed by atoms with Gasteiger partial charge in [-0.05, 0) is 35.9 Å². The predicted octanol–water partition coefficient (Wildman–Crippen LogP) is 1.04. The van der Waals surface area contributed by atoms with Gasteiger partial charge in [-0.1, -0.05) is 6.07 Å². The van der Waals surface area contributed by atoms with Crippen molar-refractivity contribution in [2.75, 3.05) is 7.11 Å². The van der Waals surface area contributed by atoms with Gasteiger partial charge in [0.2, 0.25) is 0 Å². The van der Waals surface area contributed by atoms with Gasteiger partial charge in [-0.25, -0.2) is 0 Å². The lowest BCUT2D eigenvalue weighted by molar-refractivity contribution is 0.106. The molecule has 3 rings (SSSR count). The lowest BCUT2D eigenvalue weighted by atomic mass is 10.2. The number of aromatic amines is 1. The van der Waals surface area contributed by atoms with Gasteiger partial charge in [-0.2, -0.15) is 0 Å². The predicted molar refractivity (Wildman–Crippen MR) is 95.4 cm³/mol. The van der Waals surface area contributed by atoms with Gasteiger partial charge in [0.1, 0.15) is 0 Å². The largest absolute Gasteiger partial charge is 0.504 e. The van der Waals surface area contributed by atoms with Crippen molar-refractivity contribution in [3.63, 3.8) is 0 Å². The molecule has 0 aliphatic heterocycles. The van der Waals surface area contributed by atoms with Crippen LogP contribution in [0.4, 0.5) is 0 Å². The average molecular weight is 354 g/mol. The third-order valence-electron chi connectivity index (χ3n) is 3.41. The first-order chi connectivity index (χ1) is 12.1. The van der Waals surface area contributed by atoms with Crippen LogP contribution in [-0.2, 0) is 0 Å². The molecule has 1 aromatic carbocycles. The van der Waals surface area contributed by atoms with E-state index in [2.05, 4.69) is 9.97 Å². The molecule has 0 fully saturated rings.